The summed E-state index contributed by atoms with van der Waals surface area (Å²) in [5.41, 5.74) is 0. The molecule has 0 bridgehead atoms. The molecule has 3 nitrogen and oxygen atoms in total. The third kappa shape index (κ3) is 2.81. The monoisotopic (exact) mass is 169 g/mol. The first-order valence-corrected chi connectivity index (χ1v) is 4.44. The number of nitrogens with zero attached hydrogens (tertiary/aromatic N) is 2. The van der Waals surface area contributed by atoms with Gasteiger partial charge in [-0.15, -0.1) is 0 Å². The van der Waals surface area contributed by atoms with Gasteiger partial charge in [-0.05, 0) is 33.4 Å². The highest BCUT2D eigenvalue weighted by atomic mass is 16.2. The van der Waals surface area contributed by atoms with Gasteiger partial charge in [0.05, 0.1) is 6.54 Å². The fraction of sp³-hybridized carbons (Fsp3) is 0.778. The maximum absolute atomic E-state index is 11.5. The SMILES string of the molecule is CN(C)CC(=O)N1C[CH]CCC1. The van der Waals surface area contributed by atoms with Crippen molar-refractivity contribution >= 4 is 5.91 Å². The Morgan fingerprint density at radius 2 is 2.33 bits per heavy atom. The normalized spacial score (nSPS) is 18.4. The van der Waals surface area contributed by atoms with Gasteiger partial charge in [0, 0.05) is 13.1 Å². The Morgan fingerprint density at radius 1 is 1.58 bits per heavy atom. The van der Waals surface area contributed by atoms with Crippen LogP contribution in [0, 0.1) is 6.42 Å². The predicted octanol–water partition coefficient (Wildman–Crippen LogP) is 0.375. The standard InChI is InChI=1S/C9H17N2O/c1-10(2)8-9(12)11-6-4-3-5-7-11/h4H,3,5-8H2,1-2H3. The molecule has 1 rings (SSSR count). The van der Waals surface area contributed by atoms with Crippen molar-refractivity contribution in [3.05, 3.63) is 6.42 Å². The average Bonchev–Trinajstić information content (AvgIpc) is 2.05. The van der Waals surface area contributed by atoms with E-state index in [1.807, 2.05) is 23.9 Å². The number of rotatable bonds is 2. The molecule has 1 saturated heterocycles. The molecule has 1 amide bonds. The summed E-state index contributed by atoms with van der Waals surface area (Å²) in [7, 11) is 3.84. The Morgan fingerprint density at radius 3 is 2.83 bits per heavy atom. The Hall–Kier alpha value is -0.570. The van der Waals surface area contributed by atoms with Gasteiger partial charge in [0.1, 0.15) is 0 Å². The second-order valence-corrected chi connectivity index (χ2v) is 3.51. The second kappa shape index (κ2) is 4.45. The quantitative estimate of drug-likeness (QED) is 0.596. The van der Waals surface area contributed by atoms with Crippen molar-refractivity contribution in [2.45, 2.75) is 12.8 Å². The summed E-state index contributed by atoms with van der Waals surface area (Å²) in [5, 5.41) is 0. The van der Waals surface area contributed by atoms with Crippen LogP contribution < -0.4 is 0 Å². The number of likely N-dealkylation sites (tertiary alicyclic amines) is 1. The molecule has 3 heteroatoms. The lowest BCUT2D eigenvalue weighted by atomic mass is 10.1. The Labute approximate surface area is 74.3 Å². The zero-order valence-electron chi connectivity index (χ0n) is 7.92. The van der Waals surface area contributed by atoms with Crippen LogP contribution >= 0.6 is 0 Å². The first-order valence-electron chi connectivity index (χ1n) is 4.44. The number of hydrogen-bond acceptors (Lipinski definition) is 2. The lowest BCUT2D eigenvalue weighted by molar-refractivity contribution is -0.132. The van der Waals surface area contributed by atoms with Crippen LogP contribution in [0.2, 0.25) is 0 Å². The lowest BCUT2D eigenvalue weighted by Crippen LogP contribution is -2.40. The van der Waals surface area contributed by atoms with Crippen molar-refractivity contribution in [3.63, 3.8) is 0 Å². The molecular weight excluding hydrogens is 152 g/mol. The van der Waals surface area contributed by atoms with E-state index >= 15 is 0 Å². The molecule has 1 fully saturated rings. The van der Waals surface area contributed by atoms with Crippen molar-refractivity contribution in [2.75, 3.05) is 33.7 Å². The molecule has 0 unspecified atom stereocenters. The van der Waals surface area contributed by atoms with Crippen LogP contribution in [0.4, 0.5) is 0 Å². The van der Waals surface area contributed by atoms with E-state index in [0.29, 0.717) is 6.54 Å². The second-order valence-electron chi connectivity index (χ2n) is 3.51. The maximum Gasteiger partial charge on any atom is 0.236 e. The molecule has 0 spiro atoms. The number of likely N-dealkylation sites (N-methyl/N-ethyl adjacent to an activating group) is 1. The van der Waals surface area contributed by atoms with Crippen LogP contribution in [0.3, 0.4) is 0 Å². The molecule has 1 heterocycles. The third-order valence-electron chi connectivity index (χ3n) is 1.99. The van der Waals surface area contributed by atoms with Crippen LogP contribution in [0.25, 0.3) is 0 Å². The molecule has 0 aliphatic carbocycles. The Bertz CT molecular complexity index is 151. The highest BCUT2D eigenvalue weighted by molar-refractivity contribution is 5.78. The highest BCUT2D eigenvalue weighted by Gasteiger charge is 2.16. The van der Waals surface area contributed by atoms with Gasteiger partial charge in [-0.3, -0.25) is 4.79 Å². The van der Waals surface area contributed by atoms with Crippen LogP contribution in [0.15, 0.2) is 0 Å². The van der Waals surface area contributed by atoms with Gasteiger partial charge in [-0.25, -0.2) is 0 Å². The summed E-state index contributed by atoms with van der Waals surface area (Å²) >= 11 is 0. The molecule has 0 saturated carbocycles. The molecule has 69 valence electrons. The molecule has 0 atom stereocenters. The van der Waals surface area contributed by atoms with Crippen LogP contribution in [0.5, 0.6) is 0 Å². The van der Waals surface area contributed by atoms with Crippen LogP contribution in [0.1, 0.15) is 12.8 Å². The van der Waals surface area contributed by atoms with Crippen molar-refractivity contribution in [3.8, 4) is 0 Å². The molecule has 0 N–H and O–H groups in total. The Kier molecular flexibility index (Phi) is 3.53. The number of amides is 1. The van der Waals surface area contributed by atoms with E-state index in [2.05, 4.69) is 6.42 Å². The van der Waals surface area contributed by atoms with E-state index in [1.54, 1.807) is 0 Å². The zero-order valence-corrected chi connectivity index (χ0v) is 7.92. The summed E-state index contributed by atoms with van der Waals surface area (Å²) in [4.78, 5) is 15.3. The van der Waals surface area contributed by atoms with Crippen molar-refractivity contribution in [1.82, 2.24) is 9.80 Å². The maximum atomic E-state index is 11.5. The van der Waals surface area contributed by atoms with Gasteiger partial charge in [0.25, 0.3) is 0 Å². The molecular formula is C9H17N2O. The van der Waals surface area contributed by atoms with E-state index in [4.69, 9.17) is 0 Å². The van der Waals surface area contributed by atoms with Gasteiger partial charge in [0.15, 0.2) is 0 Å². The smallest absolute Gasteiger partial charge is 0.236 e. The third-order valence-corrected chi connectivity index (χ3v) is 1.99. The van der Waals surface area contributed by atoms with Crippen molar-refractivity contribution in [1.29, 1.82) is 0 Å². The minimum atomic E-state index is 0.246. The van der Waals surface area contributed by atoms with Crippen molar-refractivity contribution < 1.29 is 4.79 Å². The lowest BCUT2D eigenvalue weighted by Gasteiger charge is -2.27. The molecule has 0 aromatic carbocycles. The van der Waals surface area contributed by atoms with Gasteiger partial charge in [-0.1, -0.05) is 0 Å². The summed E-state index contributed by atoms with van der Waals surface area (Å²) in [5.74, 6) is 0.246. The van der Waals surface area contributed by atoms with Crippen LogP contribution in [-0.4, -0.2) is 49.4 Å². The summed E-state index contributed by atoms with van der Waals surface area (Å²) < 4.78 is 0. The van der Waals surface area contributed by atoms with Crippen molar-refractivity contribution in [2.24, 2.45) is 0 Å². The van der Waals surface area contributed by atoms with Gasteiger partial charge < -0.3 is 9.80 Å². The number of piperidine rings is 1. The molecule has 0 aromatic heterocycles. The summed E-state index contributed by atoms with van der Waals surface area (Å²) in [6.45, 7) is 2.31. The number of carbonyl (C=O) groups is 1. The number of hydrogen-bond donors (Lipinski definition) is 0. The molecule has 1 aliphatic heterocycles. The molecule has 0 aromatic rings. The molecule has 1 aliphatic rings. The highest BCUT2D eigenvalue weighted by Crippen LogP contribution is 2.07. The largest absolute Gasteiger partial charge is 0.341 e. The van der Waals surface area contributed by atoms with E-state index in [0.717, 1.165) is 25.9 Å². The fourth-order valence-corrected chi connectivity index (χ4v) is 1.36. The van der Waals surface area contributed by atoms with E-state index < -0.39 is 0 Å². The Balaban J connectivity index is 2.30. The summed E-state index contributed by atoms with van der Waals surface area (Å²) in [6, 6.07) is 0. The van der Waals surface area contributed by atoms with Crippen LogP contribution in [-0.2, 0) is 4.79 Å². The molecule has 1 radical (unpaired) electrons. The van der Waals surface area contributed by atoms with Gasteiger partial charge in [-0.2, -0.15) is 0 Å². The topological polar surface area (TPSA) is 23.6 Å². The van der Waals surface area contributed by atoms with Gasteiger partial charge in [0.2, 0.25) is 5.91 Å². The molecule has 12 heavy (non-hydrogen) atoms. The summed E-state index contributed by atoms with van der Waals surface area (Å²) in [6.07, 6.45) is 4.46. The first-order chi connectivity index (χ1) is 5.70. The minimum Gasteiger partial charge on any atom is -0.341 e. The average molecular weight is 169 g/mol. The number of carbonyl (C=O) groups excluding carboxylic acids is 1. The first kappa shape index (κ1) is 9.52. The van der Waals surface area contributed by atoms with Gasteiger partial charge >= 0.3 is 0 Å². The van der Waals surface area contributed by atoms with E-state index in [9.17, 15) is 4.79 Å². The fourth-order valence-electron chi connectivity index (χ4n) is 1.36. The van der Waals surface area contributed by atoms with E-state index in [1.165, 1.54) is 0 Å². The van der Waals surface area contributed by atoms with E-state index in [-0.39, 0.29) is 5.91 Å². The predicted molar refractivity (Wildman–Crippen MR) is 48.7 cm³/mol. The minimum absolute atomic E-state index is 0.246. The zero-order chi connectivity index (χ0) is 8.97.